The summed E-state index contributed by atoms with van der Waals surface area (Å²) < 4.78 is 15.7. The second-order valence-corrected chi connectivity index (χ2v) is 4.51. The van der Waals surface area contributed by atoms with Crippen LogP contribution in [0.2, 0.25) is 0 Å². The van der Waals surface area contributed by atoms with Gasteiger partial charge in [-0.2, -0.15) is 0 Å². The molecule has 2 N–H and O–H groups in total. The SMILES string of the molecule is COc1ccc(N)c(C(=O)OCCC2CCCO2)c1. The van der Waals surface area contributed by atoms with E-state index in [0.29, 0.717) is 23.6 Å². The van der Waals surface area contributed by atoms with Gasteiger partial charge in [0.05, 0.1) is 25.4 Å². The van der Waals surface area contributed by atoms with E-state index in [4.69, 9.17) is 19.9 Å². The third-order valence-electron chi connectivity index (χ3n) is 3.18. The molecule has 1 aliphatic rings. The Morgan fingerprint density at radius 2 is 2.37 bits per heavy atom. The number of hydrogen-bond acceptors (Lipinski definition) is 5. The fourth-order valence-corrected chi connectivity index (χ4v) is 2.07. The van der Waals surface area contributed by atoms with E-state index in [2.05, 4.69) is 0 Å². The van der Waals surface area contributed by atoms with Crippen molar-refractivity contribution in [3.8, 4) is 5.75 Å². The highest BCUT2D eigenvalue weighted by Gasteiger charge is 2.17. The second-order valence-electron chi connectivity index (χ2n) is 4.51. The zero-order valence-corrected chi connectivity index (χ0v) is 11.1. The number of methoxy groups -OCH3 is 1. The van der Waals surface area contributed by atoms with Gasteiger partial charge in [0.2, 0.25) is 0 Å². The first-order chi connectivity index (χ1) is 9.20. The Balaban J connectivity index is 1.88. The fraction of sp³-hybridized carbons (Fsp3) is 0.500. The summed E-state index contributed by atoms with van der Waals surface area (Å²) in [6.07, 6.45) is 3.08. The lowest BCUT2D eigenvalue weighted by Crippen LogP contribution is -2.14. The number of rotatable bonds is 5. The largest absolute Gasteiger partial charge is 0.497 e. The monoisotopic (exact) mass is 265 g/mol. The van der Waals surface area contributed by atoms with Gasteiger partial charge in [0.25, 0.3) is 0 Å². The molecule has 0 spiro atoms. The van der Waals surface area contributed by atoms with Gasteiger partial charge >= 0.3 is 5.97 Å². The van der Waals surface area contributed by atoms with Crippen LogP contribution in [0.4, 0.5) is 5.69 Å². The van der Waals surface area contributed by atoms with Crippen LogP contribution in [0.5, 0.6) is 5.75 Å². The van der Waals surface area contributed by atoms with Crippen molar-refractivity contribution in [3.63, 3.8) is 0 Å². The number of nitrogen functional groups attached to an aromatic ring is 1. The zero-order valence-electron chi connectivity index (χ0n) is 11.1. The summed E-state index contributed by atoms with van der Waals surface area (Å²) >= 11 is 0. The Bertz CT molecular complexity index is 441. The van der Waals surface area contributed by atoms with Gasteiger partial charge in [-0.15, -0.1) is 0 Å². The molecule has 5 nitrogen and oxygen atoms in total. The van der Waals surface area contributed by atoms with Crippen LogP contribution in [0.15, 0.2) is 18.2 Å². The van der Waals surface area contributed by atoms with Crippen molar-refractivity contribution in [2.24, 2.45) is 0 Å². The Kier molecular flexibility index (Phi) is 4.63. The number of carbonyl (C=O) groups excluding carboxylic acids is 1. The predicted octanol–water partition coefficient (Wildman–Crippen LogP) is 2.00. The molecule has 19 heavy (non-hydrogen) atoms. The van der Waals surface area contributed by atoms with E-state index >= 15 is 0 Å². The molecular formula is C14H19NO4. The van der Waals surface area contributed by atoms with Crippen LogP contribution < -0.4 is 10.5 Å². The molecule has 0 amide bonds. The molecule has 1 heterocycles. The fourth-order valence-electron chi connectivity index (χ4n) is 2.07. The molecule has 1 aromatic carbocycles. The average molecular weight is 265 g/mol. The number of nitrogens with two attached hydrogens (primary N) is 1. The molecule has 1 aromatic rings. The summed E-state index contributed by atoms with van der Waals surface area (Å²) in [6.45, 7) is 1.15. The summed E-state index contributed by atoms with van der Waals surface area (Å²) in [5.74, 6) is 0.162. The third kappa shape index (κ3) is 3.61. The van der Waals surface area contributed by atoms with E-state index in [-0.39, 0.29) is 6.10 Å². The van der Waals surface area contributed by atoms with E-state index in [0.717, 1.165) is 25.9 Å². The molecule has 5 heteroatoms. The van der Waals surface area contributed by atoms with Gasteiger partial charge in [0.1, 0.15) is 5.75 Å². The van der Waals surface area contributed by atoms with Gasteiger partial charge in [-0.25, -0.2) is 4.79 Å². The van der Waals surface area contributed by atoms with Gasteiger partial charge < -0.3 is 19.9 Å². The molecule has 0 aromatic heterocycles. The van der Waals surface area contributed by atoms with Crippen LogP contribution in [0.1, 0.15) is 29.6 Å². The number of ether oxygens (including phenoxy) is 3. The molecule has 104 valence electrons. The Morgan fingerprint density at radius 1 is 1.53 bits per heavy atom. The average Bonchev–Trinajstić information content (AvgIpc) is 2.92. The lowest BCUT2D eigenvalue weighted by molar-refractivity contribution is 0.0386. The Hall–Kier alpha value is -1.75. The number of esters is 1. The van der Waals surface area contributed by atoms with Gasteiger partial charge in [0, 0.05) is 18.7 Å². The van der Waals surface area contributed by atoms with Crippen LogP contribution in [-0.4, -0.2) is 32.4 Å². The standard InChI is InChI=1S/C14H19NO4/c1-17-11-4-5-13(15)12(9-11)14(16)19-8-6-10-3-2-7-18-10/h4-5,9-10H,2-3,6-8,15H2,1H3. The van der Waals surface area contributed by atoms with E-state index in [9.17, 15) is 4.79 Å². The minimum Gasteiger partial charge on any atom is -0.497 e. The first-order valence-corrected chi connectivity index (χ1v) is 6.43. The summed E-state index contributed by atoms with van der Waals surface area (Å²) in [7, 11) is 1.54. The van der Waals surface area contributed by atoms with Crippen LogP contribution >= 0.6 is 0 Å². The summed E-state index contributed by atoms with van der Waals surface area (Å²) in [6, 6.07) is 4.93. The molecule has 0 saturated carbocycles. The lowest BCUT2D eigenvalue weighted by atomic mass is 10.1. The normalized spacial score (nSPS) is 18.3. The maximum atomic E-state index is 11.9. The van der Waals surface area contributed by atoms with Crippen molar-refractivity contribution < 1.29 is 19.0 Å². The Morgan fingerprint density at radius 3 is 3.05 bits per heavy atom. The number of hydrogen-bond donors (Lipinski definition) is 1. The highest BCUT2D eigenvalue weighted by molar-refractivity contribution is 5.95. The van der Waals surface area contributed by atoms with Gasteiger partial charge in [-0.05, 0) is 31.0 Å². The van der Waals surface area contributed by atoms with E-state index in [1.54, 1.807) is 18.2 Å². The molecule has 1 saturated heterocycles. The Labute approximate surface area is 112 Å². The van der Waals surface area contributed by atoms with Crippen molar-refractivity contribution in [1.82, 2.24) is 0 Å². The van der Waals surface area contributed by atoms with Crippen LogP contribution in [0.3, 0.4) is 0 Å². The first kappa shape index (κ1) is 13.7. The third-order valence-corrected chi connectivity index (χ3v) is 3.18. The molecule has 1 atom stereocenters. The second kappa shape index (κ2) is 6.43. The summed E-state index contributed by atoms with van der Waals surface area (Å²) in [5, 5.41) is 0. The van der Waals surface area contributed by atoms with Crippen LogP contribution in [0, 0.1) is 0 Å². The number of anilines is 1. The molecule has 1 fully saturated rings. The van der Waals surface area contributed by atoms with E-state index in [1.165, 1.54) is 7.11 Å². The van der Waals surface area contributed by atoms with Gasteiger partial charge in [0.15, 0.2) is 0 Å². The first-order valence-electron chi connectivity index (χ1n) is 6.43. The topological polar surface area (TPSA) is 70.8 Å². The quantitative estimate of drug-likeness (QED) is 0.651. The minimum absolute atomic E-state index is 0.218. The van der Waals surface area contributed by atoms with Gasteiger partial charge in [-0.3, -0.25) is 0 Å². The van der Waals surface area contributed by atoms with Crippen LogP contribution in [-0.2, 0) is 9.47 Å². The molecule has 2 rings (SSSR count). The van der Waals surface area contributed by atoms with Crippen molar-refractivity contribution in [3.05, 3.63) is 23.8 Å². The molecule has 1 unspecified atom stereocenters. The summed E-state index contributed by atoms with van der Waals surface area (Å²) in [5.41, 5.74) is 6.49. The number of carbonyl (C=O) groups is 1. The van der Waals surface area contributed by atoms with E-state index < -0.39 is 5.97 Å². The van der Waals surface area contributed by atoms with Gasteiger partial charge in [-0.1, -0.05) is 0 Å². The van der Waals surface area contributed by atoms with E-state index in [1.807, 2.05) is 0 Å². The molecule has 0 bridgehead atoms. The lowest BCUT2D eigenvalue weighted by Gasteiger charge is -2.11. The number of benzene rings is 1. The van der Waals surface area contributed by atoms with Crippen molar-refractivity contribution in [2.75, 3.05) is 26.1 Å². The smallest absolute Gasteiger partial charge is 0.340 e. The highest BCUT2D eigenvalue weighted by Crippen LogP contribution is 2.21. The maximum Gasteiger partial charge on any atom is 0.340 e. The minimum atomic E-state index is -0.422. The molecule has 1 aliphatic heterocycles. The predicted molar refractivity (Wildman–Crippen MR) is 71.3 cm³/mol. The van der Waals surface area contributed by atoms with Crippen molar-refractivity contribution >= 4 is 11.7 Å². The molecular weight excluding hydrogens is 246 g/mol. The highest BCUT2D eigenvalue weighted by atomic mass is 16.5. The van der Waals surface area contributed by atoms with Crippen LogP contribution in [0.25, 0.3) is 0 Å². The maximum absolute atomic E-state index is 11.9. The summed E-state index contributed by atoms with van der Waals surface area (Å²) in [4.78, 5) is 11.9. The van der Waals surface area contributed by atoms with Crippen molar-refractivity contribution in [1.29, 1.82) is 0 Å². The molecule has 0 aliphatic carbocycles. The zero-order chi connectivity index (χ0) is 13.7. The van der Waals surface area contributed by atoms with Crippen molar-refractivity contribution in [2.45, 2.75) is 25.4 Å². The molecule has 0 radical (unpaired) electrons.